The van der Waals surface area contributed by atoms with Crippen LogP contribution in [0.5, 0.6) is 0 Å². The Morgan fingerprint density at radius 3 is 2.56 bits per heavy atom. The molecule has 0 fully saturated rings. The number of rotatable bonds is 7. The number of urea groups is 1. The van der Waals surface area contributed by atoms with Gasteiger partial charge in [0.15, 0.2) is 0 Å². The summed E-state index contributed by atoms with van der Waals surface area (Å²) in [7, 11) is 3.44. The van der Waals surface area contributed by atoms with Gasteiger partial charge in [0, 0.05) is 31.4 Å². The first kappa shape index (κ1) is 19.3. The molecule has 0 aliphatic heterocycles. The highest BCUT2D eigenvalue weighted by Crippen LogP contribution is 2.25. The molecule has 2 amide bonds. The van der Waals surface area contributed by atoms with Crippen molar-refractivity contribution < 1.29 is 9.53 Å². The number of nitrogens with one attached hydrogen (secondary N) is 1. The van der Waals surface area contributed by atoms with Gasteiger partial charge >= 0.3 is 6.03 Å². The number of hydrogen-bond acceptors (Lipinski definition) is 2. The molecule has 2 aromatic carbocycles. The molecule has 0 aromatic heterocycles. The third-order valence-electron chi connectivity index (χ3n) is 3.89. The normalized spacial score (nSPS) is 11.8. The van der Waals surface area contributed by atoms with Crippen LogP contribution in [-0.4, -0.2) is 31.6 Å². The van der Waals surface area contributed by atoms with Crippen LogP contribution < -0.4 is 5.32 Å². The van der Waals surface area contributed by atoms with Gasteiger partial charge in [0.05, 0.1) is 6.10 Å². The molecular formula is C20H25ClN2O2. The lowest BCUT2D eigenvalue weighted by Crippen LogP contribution is -2.27. The number of halogens is 1. The number of ether oxygens (including phenoxy) is 1. The second-order valence-corrected chi connectivity index (χ2v) is 6.50. The minimum atomic E-state index is -0.134. The Bertz CT molecular complexity index is 686. The van der Waals surface area contributed by atoms with Crippen LogP contribution in [0.25, 0.3) is 0 Å². The first-order chi connectivity index (χ1) is 12.0. The molecule has 1 atom stereocenters. The van der Waals surface area contributed by atoms with Gasteiger partial charge in [-0.3, -0.25) is 0 Å². The van der Waals surface area contributed by atoms with Crippen molar-refractivity contribution in [2.45, 2.75) is 25.9 Å². The van der Waals surface area contributed by atoms with Crippen LogP contribution in [0.15, 0.2) is 48.5 Å². The fourth-order valence-electron chi connectivity index (χ4n) is 2.56. The lowest BCUT2D eigenvalue weighted by molar-refractivity contribution is 0.0564. The van der Waals surface area contributed by atoms with E-state index in [9.17, 15) is 4.79 Å². The molecule has 134 valence electrons. The van der Waals surface area contributed by atoms with Crippen LogP contribution in [0.4, 0.5) is 10.5 Å². The third kappa shape index (κ3) is 6.07. The van der Waals surface area contributed by atoms with Crippen molar-refractivity contribution in [1.82, 2.24) is 4.90 Å². The van der Waals surface area contributed by atoms with E-state index >= 15 is 0 Å². The summed E-state index contributed by atoms with van der Waals surface area (Å²) in [5.74, 6) is 0. The van der Waals surface area contributed by atoms with Crippen LogP contribution in [0.3, 0.4) is 0 Å². The van der Waals surface area contributed by atoms with Crippen molar-refractivity contribution in [3.8, 4) is 0 Å². The van der Waals surface area contributed by atoms with Gasteiger partial charge in [0.25, 0.3) is 0 Å². The fourth-order valence-corrected chi connectivity index (χ4v) is 2.69. The highest BCUT2D eigenvalue weighted by atomic mass is 35.5. The van der Waals surface area contributed by atoms with Gasteiger partial charge in [0.1, 0.15) is 0 Å². The van der Waals surface area contributed by atoms with Gasteiger partial charge in [-0.2, -0.15) is 0 Å². The lowest BCUT2D eigenvalue weighted by atomic mass is 10.0. The summed E-state index contributed by atoms with van der Waals surface area (Å²) in [6, 6.07) is 15.6. The maximum Gasteiger partial charge on any atom is 0.321 e. The first-order valence-corrected chi connectivity index (χ1v) is 8.81. The van der Waals surface area contributed by atoms with E-state index in [4.69, 9.17) is 16.3 Å². The maximum atomic E-state index is 11.8. The summed E-state index contributed by atoms with van der Waals surface area (Å²) in [5, 5.41) is 3.60. The Kier molecular flexibility index (Phi) is 7.29. The van der Waals surface area contributed by atoms with Crippen molar-refractivity contribution >= 4 is 23.3 Å². The molecule has 5 heteroatoms. The van der Waals surface area contributed by atoms with Crippen LogP contribution in [0.2, 0.25) is 5.02 Å². The van der Waals surface area contributed by atoms with Gasteiger partial charge in [-0.05, 0) is 55.2 Å². The van der Waals surface area contributed by atoms with Gasteiger partial charge in [-0.25, -0.2) is 4.79 Å². The molecule has 1 unspecified atom stereocenters. The molecule has 0 bridgehead atoms. The molecule has 1 N–H and O–H groups in total. The largest absolute Gasteiger partial charge is 0.374 e. The smallest absolute Gasteiger partial charge is 0.321 e. The average Bonchev–Trinajstić information content (AvgIpc) is 2.59. The predicted molar refractivity (Wildman–Crippen MR) is 103 cm³/mol. The van der Waals surface area contributed by atoms with Crippen LogP contribution in [0.1, 0.15) is 30.6 Å². The summed E-state index contributed by atoms with van der Waals surface area (Å²) >= 11 is 5.97. The monoisotopic (exact) mass is 360 g/mol. The Labute approximate surface area is 154 Å². The van der Waals surface area contributed by atoms with Crippen LogP contribution in [0, 0.1) is 0 Å². The molecule has 0 spiro atoms. The number of anilines is 1. The van der Waals surface area contributed by atoms with Crippen molar-refractivity contribution in [1.29, 1.82) is 0 Å². The molecule has 0 radical (unpaired) electrons. The van der Waals surface area contributed by atoms with Gasteiger partial charge in [0.2, 0.25) is 0 Å². The van der Waals surface area contributed by atoms with Gasteiger partial charge in [-0.1, -0.05) is 35.9 Å². The van der Waals surface area contributed by atoms with E-state index in [1.54, 1.807) is 14.1 Å². The molecule has 25 heavy (non-hydrogen) atoms. The summed E-state index contributed by atoms with van der Waals surface area (Å²) in [6.07, 6.45) is 1.75. The molecule has 2 aromatic rings. The number of nitrogens with zero attached hydrogens (tertiary/aromatic N) is 1. The molecule has 0 saturated carbocycles. The predicted octanol–water partition coefficient (Wildman–Crippen LogP) is 5.14. The quantitative estimate of drug-likeness (QED) is 0.742. The molecule has 0 heterocycles. The second kappa shape index (κ2) is 9.44. The zero-order chi connectivity index (χ0) is 18.2. The summed E-state index contributed by atoms with van der Waals surface area (Å²) in [5.41, 5.74) is 3.09. The molecule has 4 nitrogen and oxygen atoms in total. The number of aryl methyl sites for hydroxylation is 1. The Morgan fingerprint density at radius 2 is 1.92 bits per heavy atom. The molecule has 2 rings (SSSR count). The third-order valence-corrected chi connectivity index (χ3v) is 4.14. The van der Waals surface area contributed by atoms with Crippen LogP contribution in [-0.2, 0) is 11.2 Å². The highest BCUT2D eigenvalue weighted by molar-refractivity contribution is 6.30. The summed E-state index contributed by atoms with van der Waals surface area (Å²) < 4.78 is 5.90. The van der Waals surface area contributed by atoms with E-state index in [0.717, 1.165) is 34.7 Å². The fraction of sp³-hybridized carbons (Fsp3) is 0.350. The van der Waals surface area contributed by atoms with Crippen molar-refractivity contribution in [2.24, 2.45) is 0 Å². The topological polar surface area (TPSA) is 41.6 Å². The zero-order valence-electron chi connectivity index (χ0n) is 15.0. The first-order valence-electron chi connectivity index (χ1n) is 8.44. The Hall–Kier alpha value is -2.04. The number of carbonyl (C=O) groups excluding carboxylic acids is 1. The highest BCUT2D eigenvalue weighted by Gasteiger charge is 2.12. The van der Waals surface area contributed by atoms with Crippen LogP contribution >= 0.6 is 11.6 Å². The minimum absolute atomic E-state index is 0.0299. The van der Waals surface area contributed by atoms with E-state index in [1.807, 2.05) is 49.4 Å². The number of hydrogen-bond donors (Lipinski definition) is 1. The molecule has 0 aliphatic rings. The Morgan fingerprint density at radius 1 is 1.20 bits per heavy atom. The van der Waals surface area contributed by atoms with Gasteiger partial charge in [-0.15, -0.1) is 0 Å². The SMILES string of the molecule is CCOC(CCc1cccc(NC(=O)N(C)C)c1)c1ccc(Cl)cc1. The van der Waals surface area contributed by atoms with Gasteiger partial charge < -0.3 is 15.0 Å². The summed E-state index contributed by atoms with van der Waals surface area (Å²) in [4.78, 5) is 13.3. The minimum Gasteiger partial charge on any atom is -0.374 e. The molecular weight excluding hydrogens is 336 g/mol. The standard InChI is InChI=1S/C20H25ClN2O2/c1-4-25-19(16-9-11-17(21)12-10-16)13-8-15-6-5-7-18(14-15)22-20(24)23(2)3/h5-7,9-12,14,19H,4,8,13H2,1-3H3,(H,22,24). The van der Waals surface area contributed by atoms with Crippen molar-refractivity contribution in [2.75, 3.05) is 26.0 Å². The second-order valence-electron chi connectivity index (χ2n) is 6.06. The number of benzene rings is 2. The van der Waals surface area contributed by atoms with E-state index in [2.05, 4.69) is 11.4 Å². The number of carbonyl (C=O) groups is 1. The zero-order valence-corrected chi connectivity index (χ0v) is 15.7. The van der Waals surface area contributed by atoms with E-state index in [1.165, 1.54) is 4.90 Å². The van der Waals surface area contributed by atoms with E-state index in [-0.39, 0.29) is 12.1 Å². The Balaban J connectivity index is 2.02. The molecule has 0 saturated heterocycles. The molecule has 0 aliphatic carbocycles. The lowest BCUT2D eigenvalue weighted by Gasteiger charge is -2.18. The van der Waals surface area contributed by atoms with E-state index in [0.29, 0.717) is 6.61 Å². The maximum absolute atomic E-state index is 11.8. The van der Waals surface area contributed by atoms with Crippen molar-refractivity contribution in [3.05, 3.63) is 64.7 Å². The summed E-state index contributed by atoms with van der Waals surface area (Å²) in [6.45, 7) is 2.66. The van der Waals surface area contributed by atoms with Crippen molar-refractivity contribution in [3.63, 3.8) is 0 Å². The van der Waals surface area contributed by atoms with E-state index < -0.39 is 0 Å². The number of amides is 2. The average molecular weight is 361 g/mol.